The Morgan fingerprint density at radius 1 is 1.38 bits per heavy atom. The molecule has 1 aromatic rings. The molecular formula is C18H25N3O3. The second kappa shape index (κ2) is 5.92. The van der Waals surface area contributed by atoms with Crippen molar-refractivity contribution >= 4 is 11.8 Å². The van der Waals surface area contributed by atoms with Crippen LogP contribution in [0, 0.1) is 23.7 Å². The predicted octanol–water partition coefficient (Wildman–Crippen LogP) is 0.884. The average Bonchev–Trinajstić information content (AvgIpc) is 2.94. The molecule has 1 N–H and O–H groups in total. The molecule has 3 aliphatic rings. The molecule has 3 fully saturated rings. The second-order valence-corrected chi connectivity index (χ2v) is 7.57. The molecule has 5 atom stereocenters. The van der Waals surface area contributed by atoms with Crippen LogP contribution in [0.5, 0.6) is 0 Å². The minimum atomic E-state index is -0.0521. The molecule has 2 amide bonds. The Morgan fingerprint density at radius 3 is 2.83 bits per heavy atom. The maximum atomic E-state index is 12.4. The number of likely N-dealkylation sites (tertiary alicyclic amines) is 1. The minimum absolute atomic E-state index is 0.0521. The lowest BCUT2D eigenvalue weighted by molar-refractivity contribution is -0.132. The number of ether oxygens (including phenoxy) is 1. The molecule has 6 nitrogen and oxygen atoms in total. The first-order valence-corrected chi connectivity index (χ1v) is 8.84. The molecule has 4 rings (SSSR count). The number of carbonyl (C=O) groups excluding carboxylic acids is 2. The van der Waals surface area contributed by atoms with Gasteiger partial charge in [-0.3, -0.25) is 9.59 Å². The van der Waals surface area contributed by atoms with Crippen LogP contribution in [-0.4, -0.2) is 53.6 Å². The van der Waals surface area contributed by atoms with Crippen molar-refractivity contribution < 1.29 is 14.3 Å². The molecule has 0 aromatic carbocycles. The Labute approximate surface area is 142 Å². The summed E-state index contributed by atoms with van der Waals surface area (Å²) in [5.74, 6) is 1.65. The highest BCUT2D eigenvalue weighted by Gasteiger charge is 2.49. The quantitative estimate of drug-likeness (QED) is 0.891. The summed E-state index contributed by atoms with van der Waals surface area (Å²) in [6.07, 6.45) is 3.03. The highest BCUT2D eigenvalue weighted by molar-refractivity contribution is 5.92. The number of nitrogens with zero attached hydrogens (tertiary/aromatic N) is 2. The maximum Gasteiger partial charge on any atom is 0.267 e. The summed E-state index contributed by atoms with van der Waals surface area (Å²) in [6, 6.07) is 3.68. The van der Waals surface area contributed by atoms with Crippen LogP contribution in [0.1, 0.15) is 23.8 Å². The lowest BCUT2D eigenvalue weighted by Gasteiger charge is -2.20. The Bertz CT molecular complexity index is 656. The van der Waals surface area contributed by atoms with Crippen LogP contribution < -0.4 is 5.32 Å². The third-order valence-corrected chi connectivity index (χ3v) is 5.88. The summed E-state index contributed by atoms with van der Waals surface area (Å²) < 4.78 is 7.71. The van der Waals surface area contributed by atoms with Crippen molar-refractivity contribution in [3.05, 3.63) is 24.0 Å². The zero-order chi connectivity index (χ0) is 16.8. The van der Waals surface area contributed by atoms with Crippen LogP contribution >= 0.6 is 0 Å². The van der Waals surface area contributed by atoms with Gasteiger partial charge in [0.2, 0.25) is 5.91 Å². The van der Waals surface area contributed by atoms with Crippen LogP contribution in [0.2, 0.25) is 0 Å². The summed E-state index contributed by atoms with van der Waals surface area (Å²) in [5, 5.41) is 3.02. The lowest BCUT2D eigenvalue weighted by Crippen LogP contribution is -2.36. The van der Waals surface area contributed by atoms with Crippen molar-refractivity contribution in [2.75, 3.05) is 26.2 Å². The first-order valence-electron chi connectivity index (χ1n) is 8.84. The van der Waals surface area contributed by atoms with E-state index in [2.05, 4.69) is 12.2 Å². The topological polar surface area (TPSA) is 63.6 Å². The summed E-state index contributed by atoms with van der Waals surface area (Å²) in [4.78, 5) is 26.6. The zero-order valence-electron chi connectivity index (χ0n) is 14.3. The predicted molar refractivity (Wildman–Crippen MR) is 88.3 cm³/mol. The SMILES string of the molecule is C[C@@H]1C[C@@H]1C(=O)N1C[C@@H]2[C@@H](CNC(=O)c3cccn3C)CO[C@@H]2C1. The van der Waals surface area contributed by atoms with Crippen molar-refractivity contribution in [2.24, 2.45) is 30.7 Å². The van der Waals surface area contributed by atoms with Gasteiger partial charge >= 0.3 is 0 Å². The number of carbonyl (C=O) groups is 2. The number of nitrogens with one attached hydrogen (secondary N) is 1. The molecule has 24 heavy (non-hydrogen) atoms. The van der Waals surface area contributed by atoms with Gasteiger partial charge in [-0.25, -0.2) is 0 Å². The van der Waals surface area contributed by atoms with E-state index in [1.165, 1.54) is 0 Å². The van der Waals surface area contributed by atoms with E-state index < -0.39 is 0 Å². The van der Waals surface area contributed by atoms with Crippen LogP contribution in [0.15, 0.2) is 18.3 Å². The molecule has 1 saturated carbocycles. The fraction of sp³-hybridized carbons (Fsp3) is 0.667. The van der Waals surface area contributed by atoms with Gasteiger partial charge in [-0.05, 0) is 24.5 Å². The van der Waals surface area contributed by atoms with Crippen molar-refractivity contribution in [3.63, 3.8) is 0 Å². The third-order valence-electron chi connectivity index (χ3n) is 5.88. The second-order valence-electron chi connectivity index (χ2n) is 7.57. The molecule has 2 aliphatic heterocycles. The van der Waals surface area contributed by atoms with Crippen LogP contribution in [0.3, 0.4) is 0 Å². The average molecular weight is 331 g/mol. The number of aromatic nitrogens is 1. The Balaban J connectivity index is 1.32. The number of amides is 2. The number of hydrogen-bond acceptors (Lipinski definition) is 3. The molecule has 0 spiro atoms. The molecular weight excluding hydrogens is 306 g/mol. The number of fused-ring (bicyclic) bond motifs is 1. The van der Waals surface area contributed by atoms with Gasteiger partial charge < -0.3 is 19.5 Å². The van der Waals surface area contributed by atoms with E-state index in [-0.39, 0.29) is 23.8 Å². The summed E-state index contributed by atoms with van der Waals surface area (Å²) in [5.41, 5.74) is 0.663. The fourth-order valence-corrected chi connectivity index (χ4v) is 4.10. The molecule has 0 bridgehead atoms. The number of rotatable bonds is 4. The van der Waals surface area contributed by atoms with E-state index in [1.54, 1.807) is 0 Å². The van der Waals surface area contributed by atoms with Gasteiger partial charge in [0.25, 0.3) is 5.91 Å². The first kappa shape index (κ1) is 15.7. The van der Waals surface area contributed by atoms with E-state index in [4.69, 9.17) is 4.74 Å². The minimum Gasteiger partial charge on any atom is -0.376 e. The van der Waals surface area contributed by atoms with Gasteiger partial charge in [-0.2, -0.15) is 0 Å². The Kier molecular flexibility index (Phi) is 3.87. The van der Waals surface area contributed by atoms with E-state index >= 15 is 0 Å². The third kappa shape index (κ3) is 2.73. The Morgan fingerprint density at radius 2 is 2.17 bits per heavy atom. The largest absolute Gasteiger partial charge is 0.376 e. The van der Waals surface area contributed by atoms with E-state index in [9.17, 15) is 9.59 Å². The van der Waals surface area contributed by atoms with Gasteiger partial charge in [0.15, 0.2) is 0 Å². The molecule has 1 aliphatic carbocycles. The van der Waals surface area contributed by atoms with Crippen molar-refractivity contribution in [1.29, 1.82) is 0 Å². The zero-order valence-corrected chi connectivity index (χ0v) is 14.3. The van der Waals surface area contributed by atoms with Crippen molar-refractivity contribution in [3.8, 4) is 0 Å². The van der Waals surface area contributed by atoms with Crippen molar-refractivity contribution in [1.82, 2.24) is 14.8 Å². The smallest absolute Gasteiger partial charge is 0.267 e. The first-order chi connectivity index (χ1) is 11.5. The molecule has 0 radical (unpaired) electrons. The van der Waals surface area contributed by atoms with Gasteiger partial charge in [0, 0.05) is 50.6 Å². The monoisotopic (exact) mass is 331 g/mol. The van der Waals surface area contributed by atoms with E-state index in [1.807, 2.05) is 34.8 Å². The van der Waals surface area contributed by atoms with Crippen LogP contribution in [-0.2, 0) is 16.6 Å². The normalized spacial score (nSPS) is 34.2. The van der Waals surface area contributed by atoms with E-state index in [0.29, 0.717) is 36.6 Å². The molecule has 6 heteroatoms. The van der Waals surface area contributed by atoms with E-state index in [0.717, 1.165) is 19.5 Å². The van der Waals surface area contributed by atoms with Crippen LogP contribution in [0.25, 0.3) is 0 Å². The van der Waals surface area contributed by atoms with Crippen LogP contribution in [0.4, 0.5) is 0 Å². The molecule has 1 aromatic heterocycles. The summed E-state index contributed by atoms with van der Waals surface area (Å²) in [6.45, 7) is 4.90. The van der Waals surface area contributed by atoms with Gasteiger partial charge in [-0.1, -0.05) is 6.92 Å². The molecule has 0 unspecified atom stereocenters. The van der Waals surface area contributed by atoms with Crippen molar-refractivity contribution in [2.45, 2.75) is 19.4 Å². The summed E-state index contributed by atoms with van der Waals surface area (Å²) >= 11 is 0. The lowest BCUT2D eigenvalue weighted by atomic mass is 9.93. The standard InChI is InChI=1S/C18H25N3O3/c1-11-6-13(11)18(23)21-8-14-12(10-24-16(14)9-21)7-19-17(22)15-4-3-5-20(15)2/h3-5,11-14,16H,6-10H2,1-2H3,(H,19,22)/t11-,12+,13+,14-,16-/m1/s1. The molecule has 130 valence electrons. The highest BCUT2D eigenvalue weighted by atomic mass is 16.5. The molecule has 3 heterocycles. The molecule has 2 saturated heterocycles. The summed E-state index contributed by atoms with van der Waals surface area (Å²) in [7, 11) is 1.86. The van der Waals surface area contributed by atoms with Gasteiger partial charge in [0.05, 0.1) is 12.7 Å². The number of hydrogen-bond donors (Lipinski definition) is 1. The number of aryl methyl sites for hydroxylation is 1. The highest BCUT2D eigenvalue weighted by Crippen LogP contribution is 2.41. The van der Waals surface area contributed by atoms with Gasteiger partial charge in [0.1, 0.15) is 5.69 Å². The van der Waals surface area contributed by atoms with Gasteiger partial charge in [-0.15, -0.1) is 0 Å². The Hall–Kier alpha value is -1.82. The maximum absolute atomic E-state index is 12.4. The fourth-order valence-electron chi connectivity index (χ4n) is 4.10.